The summed E-state index contributed by atoms with van der Waals surface area (Å²) in [5, 5.41) is 8.04. The zero-order valence-electron chi connectivity index (χ0n) is 16.9. The molecule has 150 valence electrons. The lowest BCUT2D eigenvalue weighted by atomic mass is 9.58. The van der Waals surface area contributed by atoms with Crippen LogP contribution in [0, 0.1) is 5.41 Å². The average Bonchev–Trinajstić information content (AvgIpc) is 3.22. The van der Waals surface area contributed by atoms with Crippen LogP contribution in [0.1, 0.15) is 41.5 Å². The normalized spacial score (nSPS) is 24.5. The van der Waals surface area contributed by atoms with Crippen LogP contribution in [0.25, 0.3) is 0 Å². The molecule has 2 fully saturated rings. The molecule has 2 aromatic carbocycles. The third kappa shape index (κ3) is 3.11. The largest absolute Gasteiger partial charge is 0.481 e. The summed E-state index contributed by atoms with van der Waals surface area (Å²) in [6, 6.07) is 17.2. The molecular formula is C25H27NO3. The van der Waals surface area contributed by atoms with Crippen molar-refractivity contribution in [1.82, 2.24) is 0 Å². The van der Waals surface area contributed by atoms with Gasteiger partial charge in [0.05, 0.1) is 20.3 Å². The van der Waals surface area contributed by atoms with Crippen LogP contribution in [-0.2, 0) is 32.5 Å². The lowest BCUT2D eigenvalue weighted by molar-refractivity contribution is -0.173. The molecule has 1 aliphatic heterocycles. The average molecular weight is 389 g/mol. The first-order valence-electron chi connectivity index (χ1n) is 10.4. The fourth-order valence-corrected chi connectivity index (χ4v) is 5.39. The van der Waals surface area contributed by atoms with Crippen LogP contribution in [0.2, 0.25) is 0 Å². The van der Waals surface area contributed by atoms with Crippen molar-refractivity contribution in [2.45, 2.75) is 43.3 Å². The monoisotopic (exact) mass is 389 g/mol. The molecule has 1 spiro atoms. The molecule has 1 N–H and O–H groups in total. The Bertz CT molecular complexity index is 959. The van der Waals surface area contributed by atoms with Gasteiger partial charge in [-0.3, -0.25) is 5.41 Å². The van der Waals surface area contributed by atoms with Crippen molar-refractivity contribution in [2.75, 3.05) is 20.3 Å². The summed E-state index contributed by atoms with van der Waals surface area (Å²) < 4.78 is 17.3. The first kappa shape index (κ1) is 18.6. The highest BCUT2D eigenvalue weighted by atomic mass is 16.7. The van der Waals surface area contributed by atoms with Gasteiger partial charge in [0, 0.05) is 23.8 Å². The second-order valence-corrected chi connectivity index (χ2v) is 8.37. The van der Waals surface area contributed by atoms with Crippen molar-refractivity contribution in [3.8, 4) is 0 Å². The zero-order valence-corrected chi connectivity index (χ0v) is 16.9. The molecule has 1 atom stereocenters. The number of fused-ring (bicyclic) bond motifs is 3. The Balaban J connectivity index is 1.59. The van der Waals surface area contributed by atoms with Gasteiger partial charge in [0.1, 0.15) is 0 Å². The van der Waals surface area contributed by atoms with E-state index in [1.165, 1.54) is 22.3 Å². The number of hydrogen-bond acceptors (Lipinski definition) is 4. The van der Waals surface area contributed by atoms with Crippen LogP contribution >= 0.6 is 0 Å². The van der Waals surface area contributed by atoms with Crippen molar-refractivity contribution in [3.05, 3.63) is 82.4 Å². The number of ether oxygens (including phenoxy) is 3. The van der Waals surface area contributed by atoms with E-state index in [1.807, 2.05) is 6.07 Å². The molecule has 4 nitrogen and oxygen atoms in total. The van der Waals surface area contributed by atoms with Crippen molar-refractivity contribution in [1.29, 1.82) is 5.41 Å². The highest BCUT2D eigenvalue weighted by Crippen LogP contribution is 2.53. The smallest absolute Gasteiger partial charge is 0.212 e. The first-order valence-corrected chi connectivity index (χ1v) is 10.4. The Morgan fingerprint density at radius 2 is 1.86 bits per heavy atom. The van der Waals surface area contributed by atoms with Gasteiger partial charge in [-0.05, 0) is 48.1 Å². The number of hydrogen-bond donors (Lipinski definition) is 1. The summed E-state index contributed by atoms with van der Waals surface area (Å²) in [7, 11) is 1.55. The molecule has 0 aromatic heterocycles. The van der Waals surface area contributed by atoms with E-state index in [9.17, 15) is 0 Å². The van der Waals surface area contributed by atoms with Gasteiger partial charge in [-0.15, -0.1) is 0 Å². The number of benzene rings is 2. The van der Waals surface area contributed by atoms with E-state index in [1.54, 1.807) is 7.11 Å². The Morgan fingerprint density at radius 3 is 2.62 bits per heavy atom. The second-order valence-electron chi connectivity index (χ2n) is 8.37. The van der Waals surface area contributed by atoms with Crippen molar-refractivity contribution in [3.63, 3.8) is 0 Å². The third-order valence-electron chi connectivity index (χ3n) is 6.82. The minimum Gasteiger partial charge on any atom is -0.481 e. The van der Waals surface area contributed by atoms with E-state index in [0.29, 0.717) is 13.2 Å². The second kappa shape index (κ2) is 7.12. The first-order chi connectivity index (χ1) is 14.1. The molecule has 1 saturated heterocycles. The van der Waals surface area contributed by atoms with Crippen LogP contribution in [-0.4, -0.2) is 32.0 Å². The van der Waals surface area contributed by atoms with E-state index in [4.69, 9.17) is 19.6 Å². The predicted molar refractivity (Wildman–Crippen MR) is 112 cm³/mol. The van der Waals surface area contributed by atoms with E-state index in [0.717, 1.165) is 37.7 Å². The van der Waals surface area contributed by atoms with E-state index in [2.05, 4.69) is 48.5 Å². The molecule has 0 unspecified atom stereocenters. The van der Waals surface area contributed by atoms with Crippen molar-refractivity contribution in [2.24, 2.45) is 0 Å². The number of nitrogens with one attached hydrogen (secondary N) is 1. The summed E-state index contributed by atoms with van der Waals surface area (Å²) in [6.07, 6.45) is 6.99. The molecule has 29 heavy (non-hydrogen) atoms. The van der Waals surface area contributed by atoms with Gasteiger partial charge in [0.2, 0.25) is 5.90 Å². The van der Waals surface area contributed by atoms with Gasteiger partial charge in [-0.1, -0.05) is 48.0 Å². The lowest BCUT2D eigenvalue weighted by Gasteiger charge is -2.49. The molecule has 3 aliphatic rings. The summed E-state index contributed by atoms with van der Waals surface area (Å²) >= 11 is 0. The number of allylic oxidation sites excluding steroid dienone is 1. The maximum atomic E-state index is 8.04. The standard InChI is InChI=1S/C25H27NO3/c1-27-23(26)20-8-10-22-19(15-20)7-9-21-17-25(28-13-14-29-25)12-11-24(21,22)16-18-5-3-2-4-6-18/h2-6,8-10,15,26H,7,11-14,16-17H2,1H3/t24-/m0/s1. The van der Waals surface area contributed by atoms with Gasteiger partial charge in [-0.25, -0.2) is 0 Å². The Labute approximate surface area is 172 Å². The minimum atomic E-state index is -0.429. The fourth-order valence-electron chi connectivity index (χ4n) is 5.39. The molecule has 2 aromatic rings. The number of methoxy groups -OCH3 is 1. The van der Waals surface area contributed by atoms with Gasteiger partial charge in [0.15, 0.2) is 5.79 Å². The van der Waals surface area contributed by atoms with Gasteiger partial charge in [-0.2, -0.15) is 0 Å². The highest BCUT2D eigenvalue weighted by Gasteiger charge is 2.51. The van der Waals surface area contributed by atoms with E-state index in [-0.39, 0.29) is 11.3 Å². The van der Waals surface area contributed by atoms with Gasteiger partial charge < -0.3 is 14.2 Å². The van der Waals surface area contributed by atoms with Crippen LogP contribution in [0.3, 0.4) is 0 Å². The minimum absolute atomic E-state index is 0.0384. The molecule has 1 saturated carbocycles. The summed E-state index contributed by atoms with van der Waals surface area (Å²) in [4.78, 5) is 0. The van der Waals surface area contributed by atoms with E-state index >= 15 is 0 Å². The van der Waals surface area contributed by atoms with Crippen molar-refractivity contribution >= 4 is 5.90 Å². The summed E-state index contributed by atoms with van der Waals surface area (Å²) in [5.74, 6) is -0.211. The molecular weight excluding hydrogens is 362 g/mol. The molecule has 0 radical (unpaired) electrons. The van der Waals surface area contributed by atoms with Gasteiger partial charge in [0.25, 0.3) is 0 Å². The Hall–Kier alpha value is -2.43. The maximum Gasteiger partial charge on any atom is 0.212 e. The van der Waals surface area contributed by atoms with Crippen LogP contribution in [0.4, 0.5) is 0 Å². The van der Waals surface area contributed by atoms with Crippen LogP contribution in [0.15, 0.2) is 60.2 Å². The molecule has 1 heterocycles. The maximum absolute atomic E-state index is 8.04. The van der Waals surface area contributed by atoms with Crippen molar-refractivity contribution < 1.29 is 14.2 Å². The number of rotatable bonds is 3. The fraction of sp³-hybridized carbons (Fsp3) is 0.400. The molecule has 2 aliphatic carbocycles. The molecule has 5 rings (SSSR count). The third-order valence-corrected chi connectivity index (χ3v) is 6.82. The Kier molecular flexibility index (Phi) is 4.56. The topological polar surface area (TPSA) is 51.5 Å². The van der Waals surface area contributed by atoms with Crippen LogP contribution < -0.4 is 0 Å². The van der Waals surface area contributed by atoms with Gasteiger partial charge >= 0.3 is 0 Å². The Morgan fingerprint density at radius 1 is 1.07 bits per heavy atom. The lowest BCUT2D eigenvalue weighted by Crippen LogP contribution is -2.46. The van der Waals surface area contributed by atoms with Crippen LogP contribution in [0.5, 0.6) is 0 Å². The highest BCUT2D eigenvalue weighted by molar-refractivity contribution is 5.91. The molecule has 4 heteroatoms. The predicted octanol–water partition coefficient (Wildman–Crippen LogP) is 4.55. The molecule has 0 bridgehead atoms. The summed E-state index contributed by atoms with van der Waals surface area (Å²) in [5.41, 5.74) is 6.28. The zero-order chi connectivity index (χ0) is 19.9. The SMILES string of the molecule is COC(=N)c1ccc2c(c1)CC=C1CC3(CC[C@]12Cc1ccccc1)OCCO3. The quantitative estimate of drug-likeness (QED) is 0.476. The summed E-state index contributed by atoms with van der Waals surface area (Å²) in [6.45, 7) is 1.39. The molecule has 0 amide bonds. The van der Waals surface area contributed by atoms with E-state index < -0.39 is 5.79 Å².